The lowest BCUT2D eigenvalue weighted by Gasteiger charge is -2.65. The molecule has 166 valence electrons. The minimum atomic E-state index is -0.809. The van der Waals surface area contributed by atoms with Gasteiger partial charge in [0.15, 0.2) is 0 Å². The average Bonchev–Trinajstić information content (AvgIpc) is 2.97. The predicted octanol–water partition coefficient (Wildman–Crippen LogP) is 5.62. The van der Waals surface area contributed by atoms with E-state index in [2.05, 4.69) is 26.0 Å². The fourth-order valence-electron chi connectivity index (χ4n) is 8.04. The summed E-state index contributed by atoms with van der Waals surface area (Å²) in [5, 5.41) is 0. The van der Waals surface area contributed by atoms with Crippen molar-refractivity contribution in [2.75, 3.05) is 7.11 Å². The molecule has 0 aromatic carbocycles. The number of carbonyl (C=O) groups is 2. The van der Waals surface area contributed by atoms with Gasteiger partial charge in [0.25, 0.3) is 0 Å². The van der Waals surface area contributed by atoms with E-state index in [1.807, 2.05) is 13.8 Å². The molecule has 0 aromatic rings. The Hall–Kier alpha value is -1.58. The van der Waals surface area contributed by atoms with Crippen molar-refractivity contribution in [2.24, 2.45) is 33.5 Å². The van der Waals surface area contributed by atoms with Crippen LogP contribution >= 0.6 is 0 Å². The highest BCUT2D eigenvalue weighted by atomic mass is 16.6. The van der Waals surface area contributed by atoms with Crippen LogP contribution in [0.1, 0.15) is 79.6 Å². The second-order valence-electron chi connectivity index (χ2n) is 11.3. The molecule has 3 fully saturated rings. The van der Waals surface area contributed by atoms with Crippen LogP contribution < -0.4 is 0 Å². The minimum absolute atomic E-state index is 0.0513. The van der Waals surface area contributed by atoms with E-state index in [0.29, 0.717) is 16.9 Å². The Morgan fingerprint density at radius 2 is 1.70 bits per heavy atom. The van der Waals surface area contributed by atoms with Crippen LogP contribution in [-0.2, 0) is 19.1 Å². The molecule has 0 heterocycles. The molecule has 2 bridgehead atoms. The maximum Gasteiger partial charge on any atom is 0.333 e. The first kappa shape index (κ1) is 21.6. The van der Waals surface area contributed by atoms with Gasteiger partial charge in [-0.2, -0.15) is 0 Å². The number of rotatable bonds is 3. The van der Waals surface area contributed by atoms with Crippen molar-refractivity contribution in [3.63, 3.8) is 0 Å². The smallest absolute Gasteiger partial charge is 0.333 e. The number of fused-ring (bicyclic) bond motifs is 3. The van der Waals surface area contributed by atoms with E-state index in [9.17, 15) is 9.59 Å². The third-order valence-electron chi connectivity index (χ3n) is 9.71. The molecule has 0 aliphatic heterocycles. The summed E-state index contributed by atoms with van der Waals surface area (Å²) < 4.78 is 11.3. The molecule has 0 unspecified atom stereocenters. The Labute approximate surface area is 181 Å². The molecular weight excluding hydrogens is 376 g/mol. The number of carbonyl (C=O) groups excluding carboxylic acids is 2. The quantitative estimate of drug-likeness (QED) is 0.342. The number of hydrogen-bond donors (Lipinski definition) is 0. The highest BCUT2D eigenvalue weighted by Crippen LogP contribution is 2.72. The molecule has 0 radical (unpaired) electrons. The van der Waals surface area contributed by atoms with Crippen LogP contribution in [0.3, 0.4) is 0 Å². The first-order valence-corrected chi connectivity index (χ1v) is 11.7. The summed E-state index contributed by atoms with van der Waals surface area (Å²) in [6, 6.07) is 0. The SMILES string of the molecule is C/C=C(\C)C(=O)O[C@@H]1CC[C@@]2(C)[C@H]3CC[C@]4(C)C=C[C@@]3(CC[C@@H]2[C@]1(C)C(=O)OC)C4. The maximum absolute atomic E-state index is 13.2. The molecule has 4 rings (SSSR count). The molecule has 4 aliphatic rings. The number of esters is 2. The Bertz CT molecular complexity index is 812. The summed E-state index contributed by atoms with van der Waals surface area (Å²) in [6.07, 6.45) is 13.8. The summed E-state index contributed by atoms with van der Waals surface area (Å²) >= 11 is 0. The third-order valence-corrected chi connectivity index (χ3v) is 9.71. The first-order valence-electron chi connectivity index (χ1n) is 11.7. The van der Waals surface area contributed by atoms with Crippen molar-refractivity contribution < 1.29 is 19.1 Å². The Kier molecular flexibility index (Phi) is 5.03. The van der Waals surface area contributed by atoms with Crippen LogP contribution in [-0.4, -0.2) is 25.2 Å². The van der Waals surface area contributed by atoms with E-state index < -0.39 is 11.5 Å². The van der Waals surface area contributed by atoms with Crippen LogP contribution in [0, 0.1) is 33.5 Å². The maximum atomic E-state index is 13.2. The van der Waals surface area contributed by atoms with Crippen LogP contribution in [0.2, 0.25) is 0 Å². The summed E-state index contributed by atoms with van der Waals surface area (Å²) in [7, 11) is 1.46. The lowest BCUT2D eigenvalue weighted by molar-refractivity contribution is -0.212. The molecule has 0 aromatic heterocycles. The Morgan fingerprint density at radius 1 is 1.00 bits per heavy atom. The van der Waals surface area contributed by atoms with Gasteiger partial charge in [-0.05, 0) is 93.8 Å². The van der Waals surface area contributed by atoms with Gasteiger partial charge in [-0.1, -0.05) is 32.1 Å². The number of methoxy groups -OCH3 is 1. The van der Waals surface area contributed by atoms with Gasteiger partial charge in [-0.25, -0.2) is 4.79 Å². The van der Waals surface area contributed by atoms with Crippen molar-refractivity contribution in [2.45, 2.75) is 85.7 Å². The van der Waals surface area contributed by atoms with Gasteiger partial charge in [-0.3, -0.25) is 4.79 Å². The zero-order valence-electron chi connectivity index (χ0n) is 19.5. The minimum Gasteiger partial charge on any atom is -0.468 e. The monoisotopic (exact) mass is 414 g/mol. The number of hydrogen-bond acceptors (Lipinski definition) is 4. The lowest BCUT2D eigenvalue weighted by atomic mass is 9.40. The second kappa shape index (κ2) is 6.97. The van der Waals surface area contributed by atoms with Crippen molar-refractivity contribution in [1.82, 2.24) is 0 Å². The molecule has 30 heavy (non-hydrogen) atoms. The molecule has 4 heteroatoms. The van der Waals surface area contributed by atoms with Gasteiger partial charge in [0.2, 0.25) is 0 Å². The predicted molar refractivity (Wildman–Crippen MR) is 117 cm³/mol. The summed E-state index contributed by atoms with van der Waals surface area (Å²) in [6.45, 7) is 10.4. The number of allylic oxidation sites excluding steroid dienone is 3. The summed E-state index contributed by atoms with van der Waals surface area (Å²) in [4.78, 5) is 25.8. The number of ether oxygens (including phenoxy) is 2. The first-order chi connectivity index (χ1) is 14.0. The lowest BCUT2D eigenvalue weighted by Crippen LogP contribution is -2.63. The van der Waals surface area contributed by atoms with Crippen molar-refractivity contribution >= 4 is 11.9 Å². The second-order valence-corrected chi connectivity index (χ2v) is 11.3. The standard InChI is InChI=1S/C26H38O4/c1-7-17(2)21(27)30-20-10-12-24(4)18(25(20,5)22(28)29-6)9-13-26-15-14-23(3,16-26)11-8-19(24)26/h7,14-15,18-20H,8-13,16H2,1-6H3/b17-7+/t18-,19+,20+,23+,24+,25-,26-/m0/s1. The molecule has 7 atom stereocenters. The molecule has 4 aliphatic carbocycles. The molecule has 1 spiro atoms. The van der Waals surface area contributed by atoms with Gasteiger partial charge in [0.05, 0.1) is 7.11 Å². The molecule has 3 saturated carbocycles. The van der Waals surface area contributed by atoms with Gasteiger partial charge < -0.3 is 9.47 Å². The van der Waals surface area contributed by atoms with Crippen LogP contribution in [0.4, 0.5) is 0 Å². The molecule has 4 nitrogen and oxygen atoms in total. The molecule has 0 N–H and O–H groups in total. The van der Waals surface area contributed by atoms with Gasteiger partial charge in [0, 0.05) is 5.57 Å². The average molecular weight is 415 g/mol. The summed E-state index contributed by atoms with van der Waals surface area (Å²) in [5.41, 5.74) is 0.453. The molecule has 0 saturated heterocycles. The fourth-order valence-corrected chi connectivity index (χ4v) is 8.04. The topological polar surface area (TPSA) is 52.6 Å². The van der Waals surface area contributed by atoms with Crippen LogP contribution in [0.5, 0.6) is 0 Å². The normalized spacial score (nSPS) is 47.3. The van der Waals surface area contributed by atoms with E-state index >= 15 is 0 Å². The van der Waals surface area contributed by atoms with Crippen molar-refractivity contribution in [1.29, 1.82) is 0 Å². The van der Waals surface area contributed by atoms with Crippen LogP contribution in [0.15, 0.2) is 23.8 Å². The van der Waals surface area contributed by atoms with Gasteiger partial charge >= 0.3 is 11.9 Å². The highest BCUT2D eigenvalue weighted by molar-refractivity contribution is 5.88. The van der Waals surface area contributed by atoms with Crippen molar-refractivity contribution in [3.05, 3.63) is 23.8 Å². The largest absolute Gasteiger partial charge is 0.468 e. The zero-order valence-corrected chi connectivity index (χ0v) is 19.5. The Balaban J connectivity index is 1.70. The highest BCUT2D eigenvalue weighted by Gasteiger charge is 2.68. The van der Waals surface area contributed by atoms with E-state index in [1.165, 1.54) is 26.4 Å². The van der Waals surface area contributed by atoms with E-state index in [4.69, 9.17) is 9.47 Å². The van der Waals surface area contributed by atoms with Gasteiger partial charge in [0.1, 0.15) is 11.5 Å². The van der Waals surface area contributed by atoms with Crippen molar-refractivity contribution in [3.8, 4) is 0 Å². The van der Waals surface area contributed by atoms with E-state index in [-0.39, 0.29) is 28.7 Å². The Morgan fingerprint density at radius 3 is 2.37 bits per heavy atom. The summed E-state index contributed by atoms with van der Waals surface area (Å²) in [5.74, 6) is 0.186. The van der Waals surface area contributed by atoms with Crippen LogP contribution in [0.25, 0.3) is 0 Å². The zero-order chi connectivity index (χ0) is 21.9. The molecule has 0 amide bonds. The fraction of sp³-hybridized carbons (Fsp3) is 0.769. The van der Waals surface area contributed by atoms with E-state index in [1.54, 1.807) is 13.0 Å². The van der Waals surface area contributed by atoms with Gasteiger partial charge in [-0.15, -0.1) is 0 Å². The third kappa shape index (κ3) is 2.85. The van der Waals surface area contributed by atoms with E-state index in [0.717, 1.165) is 25.7 Å². The molecular formula is C26H38O4.